The van der Waals surface area contributed by atoms with E-state index in [1.165, 1.54) is 22.4 Å². The lowest BCUT2D eigenvalue weighted by molar-refractivity contribution is 0.199. The fraction of sp³-hybridized carbons (Fsp3) is 0.308. The molecule has 0 bridgehead atoms. The summed E-state index contributed by atoms with van der Waals surface area (Å²) in [6.45, 7) is 2.04. The summed E-state index contributed by atoms with van der Waals surface area (Å²) in [7, 11) is 0. The molecule has 2 atom stereocenters. The molecule has 0 spiro atoms. The first-order valence-corrected chi connectivity index (χ1v) is 11.1. The van der Waals surface area contributed by atoms with Crippen LogP contribution >= 0.6 is 0 Å². The van der Waals surface area contributed by atoms with Crippen molar-refractivity contribution in [1.29, 1.82) is 0 Å². The Balaban J connectivity index is 1.12. The van der Waals surface area contributed by atoms with E-state index in [4.69, 9.17) is 4.74 Å². The molecule has 1 saturated carbocycles. The van der Waals surface area contributed by atoms with Crippen LogP contribution in [0.3, 0.4) is 0 Å². The van der Waals surface area contributed by atoms with Gasteiger partial charge in [0.2, 0.25) is 0 Å². The molecule has 2 aliphatic rings. The van der Waals surface area contributed by atoms with Gasteiger partial charge in [-0.05, 0) is 72.7 Å². The quantitative estimate of drug-likeness (QED) is 0.609. The third-order valence-electron chi connectivity index (χ3n) is 6.22. The maximum absolute atomic E-state index is 12.3. The average Bonchev–Trinajstić information content (AvgIpc) is 3.45. The van der Waals surface area contributed by atoms with Gasteiger partial charge >= 0.3 is 6.09 Å². The van der Waals surface area contributed by atoms with Gasteiger partial charge in [0, 0.05) is 43.1 Å². The van der Waals surface area contributed by atoms with Crippen LogP contribution in [0.4, 0.5) is 10.5 Å². The Hall–Kier alpha value is -3.34. The molecule has 1 aliphatic carbocycles. The summed E-state index contributed by atoms with van der Waals surface area (Å²) < 4.78 is 5.57. The lowest BCUT2D eigenvalue weighted by Crippen LogP contribution is -2.29. The van der Waals surface area contributed by atoms with Gasteiger partial charge in [-0.15, -0.1) is 0 Å². The van der Waals surface area contributed by atoms with Gasteiger partial charge in [-0.3, -0.25) is 4.98 Å². The summed E-state index contributed by atoms with van der Waals surface area (Å²) >= 11 is 0. The molecule has 1 fully saturated rings. The van der Waals surface area contributed by atoms with Crippen LogP contribution in [-0.4, -0.2) is 30.2 Å². The number of nitrogens with zero attached hydrogens (tertiary/aromatic N) is 2. The van der Waals surface area contributed by atoms with Crippen molar-refractivity contribution in [3.8, 4) is 5.75 Å². The van der Waals surface area contributed by atoms with Crippen LogP contribution in [0.25, 0.3) is 0 Å². The van der Waals surface area contributed by atoms with Crippen molar-refractivity contribution in [3.05, 3.63) is 89.7 Å². The highest BCUT2D eigenvalue weighted by molar-refractivity contribution is 5.72. The number of nitrogens with one attached hydrogen (secondary N) is 1. The molecule has 2 unspecified atom stereocenters. The van der Waals surface area contributed by atoms with E-state index < -0.39 is 0 Å². The third-order valence-corrected chi connectivity index (χ3v) is 6.22. The number of carbonyl (C=O) groups excluding carboxylic acids is 1. The molecule has 0 saturated heterocycles. The molecule has 2 aromatic carbocycles. The molecular formula is C26H27N3O2. The second kappa shape index (κ2) is 8.80. The van der Waals surface area contributed by atoms with Crippen molar-refractivity contribution in [1.82, 2.24) is 10.3 Å². The van der Waals surface area contributed by atoms with E-state index in [9.17, 15) is 4.79 Å². The van der Waals surface area contributed by atoms with E-state index in [0.717, 1.165) is 38.8 Å². The Morgan fingerprint density at radius 1 is 1.10 bits per heavy atom. The maximum Gasteiger partial charge on any atom is 0.412 e. The molecule has 3 aromatic rings. The second-order valence-electron chi connectivity index (χ2n) is 8.38. The lowest BCUT2D eigenvalue weighted by atomic mass is 10.1. The van der Waals surface area contributed by atoms with Crippen LogP contribution in [0.2, 0.25) is 0 Å². The van der Waals surface area contributed by atoms with Gasteiger partial charge in [0.1, 0.15) is 5.75 Å². The van der Waals surface area contributed by atoms with E-state index in [-0.39, 0.29) is 12.1 Å². The first-order valence-electron chi connectivity index (χ1n) is 11.1. The molecular weight excluding hydrogens is 386 g/mol. The molecule has 1 N–H and O–H groups in total. The average molecular weight is 414 g/mol. The predicted octanol–water partition coefficient (Wildman–Crippen LogP) is 4.72. The number of hydrogen-bond donors (Lipinski definition) is 1. The Labute approximate surface area is 183 Å². The minimum absolute atomic E-state index is 0.167. The normalized spacial score (nSPS) is 19.0. The zero-order valence-electron chi connectivity index (χ0n) is 17.5. The van der Waals surface area contributed by atoms with Crippen molar-refractivity contribution in [2.24, 2.45) is 0 Å². The van der Waals surface area contributed by atoms with E-state index in [1.54, 1.807) is 0 Å². The highest BCUT2D eigenvalue weighted by Gasteiger charge is 2.39. The second-order valence-corrected chi connectivity index (χ2v) is 8.38. The number of aryl methyl sites for hydroxylation is 1. The summed E-state index contributed by atoms with van der Waals surface area (Å²) in [4.78, 5) is 18.8. The summed E-state index contributed by atoms with van der Waals surface area (Å²) in [5, 5.41) is 2.99. The first kappa shape index (κ1) is 19.6. The SMILES string of the molecule is O=C(NC1CC1c1ccccc1)Oc1ccc2c(c1)CCN2CCCc1ccncc1. The predicted molar refractivity (Wildman–Crippen MR) is 122 cm³/mol. The number of anilines is 1. The smallest absolute Gasteiger partial charge is 0.410 e. The number of benzene rings is 2. The van der Waals surface area contributed by atoms with Crippen LogP contribution in [-0.2, 0) is 12.8 Å². The number of hydrogen-bond acceptors (Lipinski definition) is 4. The van der Waals surface area contributed by atoms with Gasteiger partial charge in [0.05, 0.1) is 0 Å². The fourth-order valence-electron chi connectivity index (χ4n) is 4.48. The fourth-order valence-corrected chi connectivity index (χ4v) is 4.48. The zero-order valence-corrected chi connectivity index (χ0v) is 17.5. The Morgan fingerprint density at radius 3 is 2.77 bits per heavy atom. The molecule has 1 amide bonds. The Morgan fingerprint density at radius 2 is 1.94 bits per heavy atom. The van der Waals surface area contributed by atoms with Crippen LogP contribution in [0.1, 0.15) is 35.4 Å². The molecule has 2 heterocycles. The highest BCUT2D eigenvalue weighted by atomic mass is 16.6. The molecule has 31 heavy (non-hydrogen) atoms. The van der Waals surface area contributed by atoms with Gasteiger partial charge in [0.25, 0.3) is 0 Å². The summed E-state index contributed by atoms with van der Waals surface area (Å²) in [6.07, 6.45) is 7.46. The molecule has 1 aliphatic heterocycles. The Kier molecular flexibility index (Phi) is 5.57. The summed E-state index contributed by atoms with van der Waals surface area (Å²) in [5.41, 5.74) is 5.11. The number of amides is 1. The van der Waals surface area contributed by atoms with Gasteiger partial charge in [-0.25, -0.2) is 4.79 Å². The van der Waals surface area contributed by atoms with Gasteiger partial charge in [-0.1, -0.05) is 30.3 Å². The van der Waals surface area contributed by atoms with Crippen LogP contribution < -0.4 is 15.0 Å². The maximum atomic E-state index is 12.3. The van der Waals surface area contributed by atoms with Crippen molar-refractivity contribution >= 4 is 11.8 Å². The van der Waals surface area contributed by atoms with Gasteiger partial charge in [-0.2, -0.15) is 0 Å². The lowest BCUT2D eigenvalue weighted by Gasteiger charge is -2.19. The number of fused-ring (bicyclic) bond motifs is 1. The van der Waals surface area contributed by atoms with E-state index in [2.05, 4.69) is 45.5 Å². The standard InChI is InChI=1S/C26H27N3O2/c30-26(28-24-18-23(24)20-6-2-1-3-7-20)31-22-8-9-25-21(17-22)12-16-29(25)15-4-5-19-10-13-27-14-11-19/h1-3,6-11,13-14,17,23-24H,4-5,12,15-16,18H2,(H,28,30). The first-order chi connectivity index (χ1) is 15.3. The molecule has 1 aromatic heterocycles. The zero-order chi connectivity index (χ0) is 21.0. The van der Waals surface area contributed by atoms with Crippen molar-refractivity contribution in [2.75, 3.05) is 18.0 Å². The summed E-state index contributed by atoms with van der Waals surface area (Å²) in [6, 6.07) is 20.6. The minimum atomic E-state index is -0.365. The Bertz CT molecular complexity index is 1040. The largest absolute Gasteiger partial charge is 0.412 e. The molecule has 5 heteroatoms. The monoisotopic (exact) mass is 413 g/mol. The topological polar surface area (TPSA) is 54.5 Å². The number of ether oxygens (including phenoxy) is 1. The summed E-state index contributed by atoms with van der Waals surface area (Å²) in [5.74, 6) is 1.02. The number of rotatable bonds is 7. The van der Waals surface area contributed by atoms with Crippen LogP contribution in [0, 0.1) is 0 Å². The highest BCUT2D eigenvalue weighted by Crippen LogP contribution is 2.40. The van der Waals surface area contributed by atoms with Gasteiger partial charge < -0.3 is 15.0 Å². The van der Waals surface area contributed by atoms with Crippen molar-refractivity contribution < 1.29 is 9.53 Å². The molecule has 158 valence electrons. The van der Waals surface area contributed by atoms with Crippen LogP contribution in [0.5, 0.6) is 5.75 Å². The van der Waals surface area contributed by atoms with Crippen molar-refractivity contribution in [3.63, 3.8) is 0 Å². The number of carbonyl (C=O) groups is 1. The number of aromatic nitrogens is 1. The van der Waals surface area contributed by atoms with E-state index in [0.29, 0.717) is 11.7 Å². The van der Waals surface area contributed by atoms with E-state index >= 15 is 0 Å². The molecule has 0 radical (unpaired) electrons. The van der Waals surface area contributed by atoms with Crippen molar-refractivity contribution in [2.45, 2.75) is 37.6 Å². The minimum Gasteiger partial charge on any atom is -0.410 e. The van der Waals surface area contributed by atoms with Crippen LogP contribution in [0.15, 0.2) is 73.1 Å². The molecule has 5 rings (SSSR count). The van der Waals surface area contributed by atoms with Gasteiger partial charge in [0.15, 0.2) is 0 Å². The number of pyridine rings is 1. The third kappa shape index (κ3) is 4.71. The van der Waals surface area contributed by atoms with E-state index in [1.807, 2.05) is 42.7 Å². The molecule has 5 nitrogen and oxygen atoms in total.